The Morgan fingerprint density at radius 2 is 2.40 bits per heavy atom. The highest BCUT2D eigenvalue weighted by molar-refractivity contribution is 5.72. The van der Waals surface area contributed by atoms with Crippen LogP contribution >= 0.6 is 0 Å². The average Bonchev–Trinajstić information content (AvgIpc) is 2.65. The van der Waals surface area contributed by atoms with E-state index in [0.29, 0.717) is 19.2 Å². The molecule has 0 aliphatic carbocycles. The lowest BCUT2D eigenvalue weighted by molar-refractivity contribution is -0.160. The van der Waals surface area contributed by atoms with Crippen LogP contribution in [0.5, 0.6) is 0 Å². The summed E-state index contributed by atoms with van der Waals surface area (Å²) in [7, 11) is 0. The molecule has 0 aromatic heterocycles. The zero-order chi connectivity index (χ0) is 10.9. The number of hydrogen-bond acceptors (Lipinski definition) is 4. The van der Waals surface area contributed by atoms with Crippen molar-refractivity contribution >= 4 is 5.97 Å². The number of hydrogen-bond donors (Lipinski definition) is 1. The van der Waals surface area contributed by atoms with Crippen LogP contribution in [-0.4, -0.2) is 48.7 Å². The van der Waals surface area contributed by atoms with Crippen molar-refractivity contribution in [3.8, 4) is 0 Å². The van der Waals surface area contributed by atoms with Crippen LogP contribution in [0.3, 0.4) is 0 Å². The quantitative estimate of drug-likeness (QED) is 0.672. The van der Waals surface area contributed by atoms with Gasteiger partial charge in [-0.15, -0.1) is 0 Å². The molecule has 4 nitrogen and oxygen atoms in total. The van der Waals surface area contributed by atoms with Crippen LogP contribution in [-0.2, 0) is 9.53 Å². The maximum Gasteiger partial charge on any atom is 0.320 e. The highest BCUT2D eigenvalue weighted by atomic mass is 16.5. The van der Waals surface area contributed by atoms with E-state index in [-0.39, 0.29) is 11.5 Å². The Kier molecular flexibility index (Phi) is 2.98. The van der Waals surface area contributed by atoms with E-state index in [2.05, 4.69) is 24.1 Å². The highest BCUT2D eigenvalue weighted by Crippen LogP contribution is 2.21. The van der Waals surface area contributed by atoms with Gasteiger partial charge in [0, 0.05) is 12.6 Å². The first-order valence-electron chi connectivity index (χ1n) is 5.72. The Balaban J connectivity index is 1.94. The minimum atomic E-state index is -0.0904. The monoisotopic (exact) mass is 212 g/mol. The van der Waals surface area contributed by atoms with Gasteiger partial charge in [0.25, 0.3) is 0 Å². The molecule has 1 N–H and O–H groups in total. The lowest BCUT2D eigenvalue weighted by atomic mass is 10.0. The fraction of sp³-hybridized carbons (Fsp3) is 0.909. The summed E-state index contributed by atoms with van der Waals surface area (Å²) < 4.78 is 5.09. The van der Waals surface area contributed by atoms with Gasteiger partial charge in [-0.3, -0.25) is 9.69 Å². The zero-order valence-electron chi connectivity index (χ0n) is 9.58. The molecule has 1 atom stereocenters. The van der Waals surface area contributed by atoms with Gasteiger partial charge in [0.15, 0.2) is 0 Å². The molecule has 2 aliphatic heterocycles. The maximum absolute atomic E-state index is 11.3. The number of ether oxygens (including phenoxy) is 1. The number of nitrogens with zero attached hydrogens (tertiary/aromatic N) is 1. The third-order valence-electron chi connectivity index (χ3n) is 3.37. The number of cyclic esters (lactones) is 1. The Morgan fingerprint density at radius 3 is 3.07 bits per heavy atom. The second-order valence-electron chi connectivity index (χ2n) is 5.15. The number of rotatable bonds is 2. The van der Waals surface area contributed by atoms with Gasteiger partial charge < -0.3 is 10.1 Å². The van der Waals surface area contributed by atoms with E-state index in [1.165, 1.54) is 12.8 Å². The largest absolute Gasteiger partial charge is 0.463 e. The number of carbonyl (C=O) groups is 1. The second kappa shape index (κ2) is 4.10. The summed E-state index contributed by atoms with van der Waals surface area (Å²) >= 11 is 0. The molecule has 2 aliphatic rings. The van der Waals surface area contributed by atoms with E-state index >= 15 is 0 Å². The van der Waals surface area contributed by atoms with Gasteiger partial charge in [0.1, 0.15) is 6.61 Å². The number of carbonyl (C=O) groups excluding carboxylic acids is 1. The smallest absolute Gasteiger partial charge is 0.320 e. The third-order valence-corrected chi connectivity index (χ3v) is 3.37. The first-order chi connectivity index (χ1) is 7.08. The van der Waals surface area contributed by atoms with Crippen LogP contribution in [0.25, 0.3) is 0 Å². The van der Waals surface area contributed by atoms with Crippen molar-refractivity contribution in [3.05, 3.63) is 0 Å². The lowest BCUT2D eigenvalue weighted by Gasteiger charge is -2.42. The molecule has 0 saturated carbocycles. The fourth-order valence-corrected chi connectivity index (χ4v) is 2.25. The van der Waals surface area contributed by atoms with Gasteiger partial charge in [-0.1, -0.05) is 0 Å². The lowest BCUT2D eigenvalue weighted by Crippen LogP contribution is -2.57. The van der Waals surface area contributed by atoms with E-state index in [1.807, 2.05) is 0 Å². The van der Waals surface area contributed by atoms with Crippen molar-refractivity contribution in [2.24, 2.45) is 0 Å². The summed E-state index contributed by atoms with van der Waals surface area (Å²) in [5, 5.41) is 3.46. The molecule has 2 rings (SSSR count). The molecule has 2 saturated heterocycles. The standard InChI is InChI=1S/C11H20N2O2/c1-11(2)8-15-10(14)7-13(11)6-9-4-3-5-12-9/h9,12H,3-8H2,1-2H3. The van der Waals surface area contributed by atoms with Gasteiger partial charge in [0.2, 0.25) is 0 Å². The maximum atomic E-state index is 11.3. The Bertz CT molecular complexity index is 247. The van der Waals surface area contributed by atoms with Crippen molar-refractivity contribution in [2.75, 3.05) is 26.2 Å². The normalized spacial score (nSPS) is 31.6. The third kappa shape index (κ3) is 2.49. The van der Waals surface area contributed by atoms with Crippen LogP contribution in [0.2, 0.25) is 0 Å². The first-order valence-corrected chi connectivity index (χ1v) is 5.72. The average molecular weight is 212 g/mol. The minimum Gasteiger partial charge on any atom is -0.463 e. The van der Waals surface area contributed by atoms with Crippen LogP contribution in [0.4, 0.5) is 0 Å². The molecule has 0 bridgehead atoms. The van der Waals surface area contributed by atoms with Crippen LogP contribution in [0, 0.1) is 0 Å². The molecule has 4 heteroatoms. The molecule has 0 aromatic rings. The van der Waals surface area contributed by atoms with Gasteiger partial charge in [-0.05, 0) is 33.2 Å². The second-order valence-corrected chi connectivity index (χ2v) is 5.15. The Hall–Kier alpha value is -0.610. The molecular formula is C11H20N2O2. The molecule has 15 heavy (non-hydrogen) atoms. The van der Waals surface area contributed by atoms with Gasteiger partial charge in [-0.25, -0.2) is 0 Å². The number of nitrogens with one attached hydrogen (secondary N) is 1. The topological polar surface area (TPSA) is 41.6 Å². The van der Waals surface area contributed by atoms with E-state index < -0.39 is 0 Å². The van der Waals surface area contributed by atoms with Crippen molar-refractivity contribution in [1.82, 2.24) is 10.2 Å². The van der Waals surface area contributed by atoms with E-state index in [0.717, 1.165) is 13.1 Å². The number of morpholine rings is 1. The van der Waals surface area contributed by atoms with Crippen molar-refractivity contribution in [3.63, 3.8) is 0 Å². The van der Waals surface area contributed by atoms with Crippen molar-refractivity contribution in [1.29, 1.82) is 0 Å². The fourth-order valence-electron chi connectivity index (χ4n) is 2.25. The van der Waals surface area contributed by atoms with Crippen molar-refractivity contribution < 1.29 is 9.53 Å². The molecular weight excluding hydrogens is 192 g/mol. The Labute approximate surface area is 91.0 Å². The van der Waals surface area contributed by atoms with E-state index in [1.54, 1.807) is 0 Å². The molecule has 1 unspecified atom stereocenters. The predicted molar refractivity (Wildman–Crippen MR) is 57.6 cm³/mol. The minimum absolute atomic E-state index is 0.0157. The zero-order valence-corrected chi connectivity index (χ0v) is 9.58. The van der Waals surface area contributed by atoms with Crippen LogP contribution < -0.4 is 5.32 Å². The molecule has 86 valence electrons. The summed E-state index contributed by atoms with van der Waals surface area (Å²) in [6.45, 7) is 7.29. The molecule has 2 heterocycles. The molecule has 2 fully saturated rings. The van der Waals surface area contributed by atoms with Crippen molar-refractivity contribution in [2.45, 2.75) is 38.3 Å². The summed E-state index contributed by atoms with van der Waals surface area (Å²) in [6, 6.07) is 0.551. The summed E-state index contributed by atoms with van der Waals surface area (Å²) in [6.07, 6.45) is 2.48. The first kappa shape index (κ1) is 10.9. The summed E-state index contributed by atoms with van der Waals surface area (Å²) in [4.78, 5) is 13.5. The molecule has 0 amide bonds. The van der Waals surface area contributed by atoms with Gasteiger partial charge in [-0.2, -0.15) is 0 Å². The van der Waals surface area contributed by atoms with Gasteiger partial charge >= 0.3 is 5.97 Å². The highest BCUT2D eigenvalue weighted by Gasteiger charge is 2.36. The van der Waals surface area contributed by atoms with E-state index in [4.69, 9.17) is 4.74 Å². The summed E-state index contributed by atoms with van der Waals surface area (Å²) in [5.41, 5.74) is -0.0157. The Morgan fingerprint density at radius 1 is 1.60 bits per heavy atom. The molecule has 0 spiro atoms. The SMILES string of the molecule is CC1(C)COC(=O)CN1CC1CCCN1. The van der Waals surface area contributed by atoms with Gasteiger partial charge in [0.05, 0.1) is 12.1 Å². The summed E-state index contributed by atoms with van der Waals surface area (Å²) in [5.74, 6) is -0.0904. The van der Waals surface area contributed by atoms with Crippen LogP contribution in [0.15, 0.2) is 0 Å². The predicted octanol–water partition coefficient (Wildman–Crippen LogP) is 0.376. The van der Waals surface area contributed by atoms with Crippen LogP contribution in [0.1, 0.15) is 26.7 Å². The molecule has 0 radical (unpaired) electrons. The number of esters is 1. The molecule has 0 aromatic carbocycles. The van der Waals surface area contributed by atoms with E-state index in [9.17, 15) is 4.79 Å².